The molecule has 0 heterocycles. The molecule has 0 saturated heterocycles. The maximum atomic E-state index is 2.41. The van der Waals surface area contributed by atoms with Crippen molar-refractivity contribution in [2.75, 3.05) is 0 Å². The number of rotatable bonds is 2. The van der Waals surface area contributed by atoms with Crippen molar-refractivity contribution in [1.29, 1.82) is 0 Å². The summed E-state index contributed by atoms with van der Waals surface area (Å²) >= 11 is 0. The van der Waals surface area contributed by atoms with Crippen molar-refractivity contribution in [3.63, 3.8) is 0 Å². The van der Waals surface area contributed by atoms with Crippen molar-refractivity contribution >= 4 is 0 Å². The number of hydrogen-bond acceptors (Lipinski definition) is 0. The summed E-state index contributed by atoms with van der Waals surface area (Å²) < 4.78 is 0. The fourth-order valence-electron chi connectivity index (χ4n) is 3.08. The number of hydrogen-bond donors (Lipinski definition) is 0. The predicted molar refractivity (Wildman–Crippen MR) is 71.2 cm³/mol. The van der Waals surface area contributed by atoms with E-state index >= 15 is 0 Å². The highest BCUT2D eigenvalue weighted by Gasteiger charge is 2.33. The Hall–Kier alpha value is -0.780. The lowest BCUT2D eigenvalue weighted by molar-refractivity contribution is 0.513. The van der Waals surface area contributed by atoms with Gasteiger partial charge >= 0.3 is 0 Å². The van der Waals surface area contributed by atoms with Crippen LogP contribution in [0.1, 0.15) is 68.7 Å². The Kier molecular flexibility index (Phi) is 2.86. The second-order valence-corrected chi connectivity index (χ2v) is 6.02. The molecule has 1 aliphatic rings. The second-order valence-electron chi connectivity index (χ2n) is 6.02. The first kappa shape index (κ1) is 11.7. The highest BCUT2D eigenvalue weighted by atomic mass is 14.4. The standard InChI is InChI=1S/C16H24/c1-6-11(2)13-8-7-12(3)14-9-10-16(4,5)15(13)14/h7-8,11H,6,9-10H2,1-5H3. The van der Waals surface area contributed by atoms with Gasteiger partial charge in [-0.15, -0.1) is 0 Å². The van der Waals surface area contributed by atoms with Crippen molar-refractivity contribution < 1.29 is 0 Å². The number of aryl methyl sites for hydroxylation is 1. The molecule has 0 fully saturated rings. The smallest absolute Gasteiger partial charge is 0.00947 e. The van der Waals surface area contributed by atoms with E-state index in [0.717, 1.165) is 0 Å². The molecule has 0 nitrogen and oxygen atoms in total. The van der Waals surface area contributed by atoms with Gasteiger partial charge in [-0.05, 0) is 59.8 Å². The summed E-state index contributed by atoms with van der Waals surface area (Å²) in [5, 5.41) is 0. The highest BCUT2D eigenvalue weighted by Crippen LogP contribution is 2.44. The maximum absolute atomic E-state index is 2.41. The molecule has 1 unspecified atom stereocenters. The van der Waals surface area contributed by atoms with Gasteiger partial charge in [-0.25, -0.2) is 0 Å². The molecule has 1 aliphatic carbocycles. The summed E-state index contributed by atoms with van der Waals surface area (Å²) in [6.07, 6.45) is 3.83. The predicted octanol–water partition coefficient (Wildman–Crippen LogP) is 4.73. The van der Waals surface area contributed by atoms with Crippen LogP contribution in [0, 0.1) is 6.92 Å². The lowest BCUT2D eigenvalue weighted by Crippen LogP contribution is -2.16. The first-order chi connectivity index (χ1) is 7.47. The van der Waals surface area contributed by atoms with Crippen LogP contribution in [-0.4, -0.2) is 0 Å². The minimum absolute atomic E-state index is 0.389. The van der Waals surface area contributed by atoms with Crippen molar-refractivity contribution in [1.82, 2.24) is 0 Å². The van der Waals surface area contributed by atoms with Crippen LogP contribution < -0.4 is 0 Å². The Balaban J connectivity index is 2.62. The van der Waals surface area contributed by atoms with Gasteiger partial charge in [0, 0.05) is 0 Å². The average Bonchev–Trinajstić information content (AvgIpc) is 2.56. The van der Waals surface area contributed by atoms with E-state index in [4.69, 9.17) is 0 Å². The minimum atomic E-state index is 0.389. The molecule has 0 aromatic heterocycles. The molecule has 0 aliphatic heterocycles. The van der Waals surface area contributed by atoms with Gasteiger partial charge in [0.15, 0.2) is 0 Å². The van der Waals surface area contributed by atoms with Crippen LogP contribution in [0.15, 0.2) is 12.1 Å². The SMILES string of the molecule is CCC(C)c1ccc(C)c2c1C(C)(C)CC2. The minimum Gasteiger partial charge on any atom is -0.0648 e. The zero-order chi connectivity index (χ0) is 11.9. The molecule has 0 spiro atoms. The van der Waals surface area contributed by atoms with Crippen molar-refractivity contribution in [3.8, 4) is 0 Å². The van der Waals surface area contributed by atoms with Crippen LogP contribution in [0.3, 0.4) is 0 Å². The summed E-state index contributed by atoms with van der Waals surface area (Å²) in [4.78, 5) is 0. The van der Waals surface area contributed by atoms with Crippen molar-refractivity contribution in [2.24, 2.45) is 0 Å². The first-order valence-electron chi connectivity index (χ1n) is 6.60. The molecular formula is C16H24. The molecule has 0 N–H and O–H groups in total. The molecule has 0 radical (unpaired) electrons. The Bertz CT molecular complexity index is 399. The maximum Gasteiger partial charge on any atom is -0.00947 e. The van der Waals surface area contributed by atoms with Crippen LogP contribution in [0.25, 0.3) is 0 Å². The highest BCUT2D eigenvalue weighted by molar-refractivity contribution is 5.49. The lowest BCUT2D eigenvalue weighted by atomic mass is 9.79. The van der Waals surface area contributed by atoms with E-state index in [-0.39, 0.29) is 0 Å². The third-order valence-electron chi connectivity index (χ3n) is 4.40. The van der Waals surface area contributed by atoms with Crippen molar-refractivity contribution in [2.45, 2.75) is 65.2 Å². The van der Waals surface area contributed by atoms with Crippen LogP contribution in [0.5, 0.6) is 0 Å². The van der Waals surface area contributed by atoms with Crippen LogP contribution in [0.4, 0.5) is 0 Å². The molecule has 1 atom stereocenters. The Morgan fingerprint density at radius 1 is 1.31 bits per heavy atom. The Morgan fingerprint density at radius 2 is 2.00 bits per heavy atom. The summed E-state index contributed by atoms with van der Waals surface area (Å²) in [6.45, 7) is 11.7. The van der Waals surface area contributed by atoms with Gasteiger partial charge < -0.3 is 0 Å². The van der Waals surface area contributed by atoms with Gasteiger partial charge in [-0.3, -0.25) is 0 Å². The monoisotopic (exact) mass is 216 g/mol. The van der Waals surface area contributed by atoms with Gasteiger partial charge in [0.25, 0.3) is 0 Å². The second kappa shape index (κ2) is 3.91. The summed E-state index contributed by atoms with van der Waals surface area (Å²) in [5.74, 6) is 0.701. The lowest BCUT2D eigenvalue weighted by Gasteiger charge is -2.25. The largest absolute Gasteiger partial charge is 0.0648 e. The Labute approximate surface area is 100 Å². The van der Waals surface area contributed by atoms with Crippen LogP contribution in [0.2, 0.25) is 0 Å². The zero-order valence-electron chi connectivity index (χ0n) is 11.4. The molecule has 1 aromatic carbocycles. The normalized spacial score (nSPS) is 19.6. The first-order valence-corrected chi connectivity index (χ1v) is 6.60. The average molecular weight is 216 g/mol. The molecule has 16 heavy (non-hydrogen) atoms. The van der Waals surface area contributed by atoms with Gasteiger partial charge in [0.05, 0.1) is 0 Å². The summed E-state index contributed by atoms with van der Waals surface area (Å²) in [5.41, 5.74) is 6.79. The third kappa shape index (κ3) is 1.69. The van der Waals surface area contributed by atoms with Gasteiger partial charge in [-0.2, -0.15) is 0 Å². The quantitative estimate of drug-likeness (QED) is 0.670. The fraction of sp³-hybridized carbons (Fsp3) is 0.625. The summed E-state index contributed by atoms with van der Waals surface area (Å²) in [6, 6.07) is 4.69. The van der Waals surface area contributed by atoms with E-state index in [1.165, 1.54) is 24.8 Å². The van der Waals surface area contributed by atoms with Crippen molar-refractivity contribution in [3.05, 3.63) is 34.4 Å². The van der Waals surface area contributed by atoms with Gasteiger partial charge in [0.1, 0.15) is 0 Å². The molecule has 0 bridgehead atoms. The molecule has 2 rings (SSSR count). The van der Waals surface area contributed by atoms with Gasteiger partial charge in [-0.1, -0.05) is 39.8 Å². The van der Waals surface area contributed by atoms with E-state index in [0.29, 0.717) is 11.3 Å². The van der Waals surface area contributed by atoms with E-state index in [1.54, 1.807) is 16.7 Å². The molecular weight excluding hydrogens is 192 g/mol. The van der Waals surface area contributed by atoms with Gasteiger partial charge in [0.2, 0.25) is 0 Å². The number of benzene rings is 1. The fourth-order valence-corrected chi connectivity index (χ4v) is 3.08. The summed E-state index contributed by atoms with van der Waals surface area (Å²) in [7, 11) is 0. The molecule has 88 valence electrons. The van der Waals surface area contributed by atoms with E-state index in [9.17, 15) is 0 Å². The molecule has 0 heteroatoms. The molecule has 1 aromatic rings. The zero-order valence-corrected chi connectivity index (χ0v) is 11.4. The molecule has 0 saturated carbocycles. The van der Waals surface area contributed by atoms with Crippen LogP contribution >= 0.6 is 0 Å². The third-order valence-corrected chi connectivity index (χ3v) is 4.40. The number of fused-ring (bicyclic) bond motifs is 1. The topological polar surface area (TPSA) is 0 Å². The van der Waals surface area contributed by atoms with Crippen LogP contribution in [-0.2, 0) is 11.8 Å². The van der Waals surface area contributed by atoms with E-state index in [2.05, 4.69) is 46.8 Å². The van der Waals surface area contributed by atoms with E-state index < -0.39 is 0 Å². The molecule has 0 amide bonds. The van der Waals surface area contributed by atoms with E-state index in [1.807, 2.05) is 0 Å². The Morgan fingerprint density at radius 3 is 2.62 bits per heavy atom.